The monoisotopic (exact) mass is 223 g/mol. The quantitative estimate of drug-likeness (QED) is 0.680. The van der Waals surface area contributed by atoms with Gasteiger partial charge in [0.05, 0.1) is 12.0 Å². The van der Waals surface area contributed by atoms with Crippen LogP contribution in [-0.2, 0) is 17.8 Å². The van der Waals surface area contributed by atoms with E-state index in [0.29, 0.717) is 0 Å². The van der Waals surface area contributed by atoms with Crippen LogP contribution in [0.3, 0.4) is 0 Å². The molecule has 4 heteroatoms. The fraction of sp³-hybridized carbons (Fsp3) is 0.750. The summed E-state index contributed by atoms with van der Waals surface area (Å²) in [7, 11) is 0. The van der Waals surface area contributed by atoms with Gasteiger partial charge in [-0.05, 0) is 26.2 Å². The third kappa shape index (κ3) is 3.61. The lowest BCUT2D eigenvalue weighted by Crippen LogP contribution is -2.18. The summed E-state index contributed by atoms with van der Waals surface area (Å²) in [4.78, 5) is 4.20. The van der Waals surface area contributed by atoms with Crippen molar-refractivity contribution in [1.29, 1.82) is 0 Å². The molecule has 1 aromatic rings. The summed E-state index contributed by atoms with van der Waals surface area (Å²) in [5.74, 6) is 0. The molecule has 1 N–H and O–H groups in total. The predicted molar refractivity (Wildman–Crippen MR) is 63.2 cm³/mol. The molecular weight excluding hydrogens is 202 g/mol. The van der Waals surface area contributed by atoms with E-state index >= 15 is 0 Å². The highest BCUT2D eigenvalue weighted by atomic mass is 16.5. The number of ether oxygens (including phenoxy) is 1. The van der Waals surface area contributed by atoms with E-state index in [4.69, 9.17) is 4.74 Å². The molecule has 90 valence electrons. The Bertz CT molecular complexity index is 307. The van der Waals surface area contributed by atoms with Gasteiger partial charge in [0.25, 0.3) is 0 Å². The first-order valence-corrected chi connectivity index (χ1v) is 6.20. The lowest BCUT2D eigenvalue weighted by Gasteiger charge is -2.08. The topological polar surface area (TPSA) is 39.1 Å². The van der Waals surface area contributed by atoms with Crippen molar-refractivity contribution in [3.05, 3.63) is 18.2 Å². The molecule has 0 saturated heterocycles. The molecule has 0 unspecified atom stereocenters. The number of hydrogen-bond donors (Lipinski definition) is 1. The van der Waals surface area contributed by atoms with Crippen LogP contribution in [0.4, 0.5) is 0 Å². The van der Waals surface area contributed by atoms with Gasteiger partial charge in [-0.25, -0.2) is 4.98 Å². The Morgan fingerprint density at radius 1 is 1.56 bits per heavy atom. The highest BCUT2D eigenvalue weighted by Gasteiger charge is 2.20. The first-order valence-electron chi connectivity index (χ1n) is 6.20. The highest BCUT2D eigenvalue weighted by molar-refractivity contribution is 4.99. The number of aryl methyl sites for hydroxylation is 1. The van der Waals surface area contributed by atoms with Crippen molar-refractivity contribution >= 4 is 0 Å². The van der Waals surface area contributed by atoms with Gasteiger partial charge in [-0.1, -0.05) is 0 Å². The first kappa shape index (κ1) is 11.6. The Labute approximate surface area is 97.0 Å². The van der Waals surface area contributed by atoms with Crippen molar-refractivity contribution < 1.29 is 4.74 Å². The minimum Gasteiger partial charge on any atom is -0.382 e. The average molecular weight is 223 g/mol. The maximum atomic E-state index is 5.33. The molecule has 1 aliphatic carbocycles. The van der Waals surface area contributed by atoms with Crippen LogP contribution in [0.5, 0.6) is 0 Å². The number of nitrogens with one attached hydrogen (secondary N) is 1. The van der Waals surface area contributed by atoms with E-state index in [1.54, 1.807) is 0 Å². The van der Waals surface area contributed by atoms with Crippen molar-refractivity contribution in [2.75, 3.05) is 13.2 Å². The van der Waals surface area contributed by atoms with Crippen LogP contribution in [-0.4, -0.2) is 28.8 Å². The molecule has 1 aromatic heterocycles. The van der Waals surface area contributed by atoms with E-state index in [1.165, 1.54) is 18.5 Å². The van der Waals surface area contributed by atoms with Crippen LogP contribution < -0.4 is 5.32 Å². The van der Waals surface area contributed by atoms with E-state index in [9.17, 15) is 0 Å². The molecule has 16 heavy (non-hydrogen) atoms. The lowest BCUT2D eigenvalue weighted by atomic mass is 10.4. The number of imidazole rings is 1. The maximum Gasteiger partial charge on any atom is 0.0948 e. The fourth-order valence-corrected chi connectivity index (χ4v) is 1.71. The van der Waals surface area contributed by atoms with Crippen LogP contribution in [0.15, 0.2) is 12.5 Å². The van der Waals surface area contributed by atoms with Crippen LogP contribution in [0.2, 0.25) is 0 Å². The average Bonchev–Trinajstić information content (AvgIpc) is 3.02. The zero-order chi connectivity index (χ0) is 11.2. The molecule has 1 heterocycles. The van der Waals surface area contributed by atoms with E-state index < -0.39 is 0 Å². The molecule has 0 atom stereocenters. The number of hydrogen-bond acceptors (Lipinski definition) is 3. The second-order valence-electron chi connectivity index (χ2n) is 4.28. The Morgan fingerprint density at radius 3 is 3.19 bits per heavy atom. The largest absolute Gasteiger partial charge is 0.382 e. The first-order chi connectivity index (χ1) is 7.90. The predicted octanol–water partition coefficient (Wildman–Crippen LogP) is 1.56. The lowest BCUT2D eigenvalue weighted by molar-refractivity contribution is 0.141. The van der Waals surface area contributed by atoms with Crippen LogP contribution in [0, 0.1) is 0 Å². The van der Waals surface area contributed by atoms with Gasteiger partial charge in [-0.2, -0.15) is 0 Å². The molecule has 4 nitrogen and oxygen atoms in total. The van der Waals surface area contributed by atoms with Gasteiger partial charge in [0, 0.05) is 38.5 Å². The van der Waals surface area contributed by atoms with Crippen molar-refractivity contribution in [2.24, 2.45) is 0 Å². The zero-order valence-electron chi connectivity index (χ0n) is 9.98. The maximum absolute atomic E-state index is 5.33. The Balaban J connectivity index is 1.71. The molecule has 1 aliphatic rings. The summed E-state index contributed by atoms with van der Waals surface area (Å²) in [6.45, 7) is 5.62. The second-order valence-corrected chi connectivity index (χ2v) is 4.28. The molecule has 0 aliphatic heterocycles. The normalized spacial score (nSPS) is 15.6. The summed E-state index contributed by atoms with van der Waals surface area (Å²) in [6.07, 6.45) is 7.59. The van der Waals surface area contributed by atoms with Gasteiger partial charge in [-0.15, -0.1) is 0 Å². The summed E-state index contributed by atoms with van der Waals surface area (Å²) in [5, 5.41) is 3.51. The Hall–Kier alpha value is -0.870. The van der Waals surface area contributed by atoms with E-state index in [2.05, 4.69) is 14.9 Å². The Kier molecular flexibility index (Phi) is 4.36. The van der Waals surface area contributed by atoms with E-state index in [-0.39, 0.29) is 0 Å². The molecule has 1 saturated carbocycles. The van der Waals surface area contributed by atoms with E-state index in [0.717, 1.165) is 38.8 Å². The molecule has 2 rings (SSSR count). The van der Waals surface area contributed by atoms with Crippen LogP contribution >= 0.6 is 0 Å². The molecule has 1 fully saturated rings. The summed E-state index contributed by atoms with van der Waals surface area (Å²) in [6, 6.07) is 0.756. The Morgan fingerprint density at radius 2 is 2.44 bits per heavy atom. The van der Waals surface area contributed by atoms with Gasteiger partial charge in [0.15, 0.2) is 0 Å². The van der Waals surface area contributed by atoms with Gasteiger partial charge < -0.3 is 14.6 Å². The van der Waals surface area contributed by atoms with Crippen molar-refractivity contribution in [2.45, 2.75) is 45.3 Å². The molecule has 0 spiro atoms. The smallest absolute Gasteiger partial charge is 0.0948 e. The minimum absolute atomic E-state index is 0.756. The second kappa shape index (κ2) is 6.01. The van der Waals surface area contributed by atoms with Crippen molar-refractivity contribution in [3.63, 3.8) is 0 Å². The standard InChI is InChI=1S/C12H21N3O/c1-2-16-7-3-6-15-10-13-8-12(15)9-14-11-4-5-11/h8,10-11,14H,2-7,9H2,1H3. The summed E-state index contributed by atoms with van der Waals surface area (Å²) >= 11 is 0. The molecule has 0 amide bonds. The van der Waals surface area contributed by atoms with Gasteiger partial charge in [0.2, 0.25) is 0 Å². The van der Waals surface area contributed by atoms with Gasteiger partial charge in [-0.3, -0.25) is 0 Å². The molecular formula is C12H21N3O. The van der Waals surface area contributed by atoms with Gasteiger partial charge in [0.1, 0.15) is 0 Å². The van der Waals surface area contributed by atoms with Crippen LogP contribution in [0.1, 0.15) is 31.9 Å². The number of nitrogens with zero attached hydrogens (tertiary/aromatic N) is 2. The fourth-order valence-electron chi connectivity index (χ4n) is 1.71. The third-order valence-corrected chi connectivity index (χ3v) is 2.84. The molecule has 0 bridgehead atoms. The van der Waals surface area contributed by atoms with Crippen molar-refractivity contribution in [3.8, 4) is 0 Å². The third-order valence-electron chi connectivity index (χ3n) is 2.84. The number of aromatic nitrogens is 2. The SMILES string of the molecule is CCOCCCn1cncc1CNC1CC1. The summed E-state index contributed by atoms with van der Waals surface area (Å²) in [5.41, 5.74) is 1.28. The van der Waals surface area contributed by atoms with Crippen LogP contribution in [0.25, 0.3) is 0 Å². The molecule has 0 aromatic carbocycles. The summed E-state index contributed by atoms with van der Waals surface area (Å²) < 4.78 is 7.55. The van der Waals surface area contributed by atoms with Crippen molar-refractivity contribution in [1.82, 2.24) is 14.9 Å². The molecule has 0 radical (unpaired) electrons. The minimum atomic E-state index is 0.756. The van der Waals surface area contributed by atoms with Gasteiger partial charge >= 0.3 is 0 Å². The van der Waals surface area contributed by atoms with E-state index in [1.807, 2.05) is 19.4 Å². The number of rotatable bonds is 8. The zero-order valence-corrected chi connectivity index (χ0v) is 9.98. The highest BCUT2D eigenvalue weighted by Crippen LogP contribution is 2.19.